The van der Waals surface area contributed by atoms with Crippen LogP contribution in [0.5, 0.6) is 0 Å². The molecule has 1 atom stereocenters. The molecule has 1 unspecified atom stereocenters. The smallest absolute Gasteiger partial charge is 0.415 e. The van der Waals surface area contributed by atoms with E-state index in [2.05, 4.69) is 4.74 Å². The van der Waals surface area contributed by atoms with Crippen LogP contribution in [0.15, 0.2) is 0 Å². The number of aliphatic hydroxyl groups excluding tert-OH is 1. The number of rotatable bonds is 8. The van der Waals surface area contributed by atoms with Crippen molar-refractivity contribution in [2.75, 3.05) is 40.5 Å². The maximum atomic E-state index is 12.2. The van der Waals surface area contributed by atoms with Gasteiger partial charge in [0.25, 0.3) is 0 Å². The SMILES string of the molecule is COCCN(CCC(=O)OC)CC(O)C(F)(F)F. The van der Waals surface area contributed by atoms with Crippen molar-refractivity contribution in [1.82, 2.24) is 4.90 Å². The van der Waals surface area contributed by atoms with Crippen molar-refractivity contribution in [2.45, 2.75) is 18.7 Å². The van der Waals surface area contributed by atoms with Crippen LogP contribution in [0.4, 0.5) is 13.2 Å². The zero-order chi connectivity index (χ0) is 14.2. The number of hydrogen-bond acceptors (Lipinski definition) is 5. The summed E-state index contributed by atoms with van der Waals surface area (Å²) >= 11 is 0. The minimum atomic E-state index is -4.67. The average molecular weight is 273 g/mol. The molecular weight excluding hydrogens is 255 g/mol. The number of methoxy groups -OCH3 is 2. The van der Waals surface area contributed by atoms with Crippen LogP contribution in [-0.2, 0) is 14.3 Å². The molecule has 5 nitrogen and oxygen atoms in total. The van der Waals surface area contributed by atoms with Gasteiger partial charge in [0.05, 0.1) is 20.1 Å². The first-order valence-corrected chi connectivity index (χ1v) is 5.34. The highest BCUT2D eigenvalue weighted by molar-refractivity contribution is 5.69. The number of aliphatic hydroxyl groups is 1. The van der Waals surface area contributed by atoms with Crippen LogP contribution in [0, 0.1) is 0 Å². The highest BCUT2D eigenvalue weighted by Gasteiger charge is 2.39. The fraction of sp³-hybridized carbons (Fsp3) is 0.900. The van der Waals surface area contributed by atoms with Crippen molar-refractivity contribution < 1.29 is 32.5 Å². The lowest BCUT2D eigenvalue weighted by Crippen LogP contribution is -2.43. The van der Waals surface area contributed by atoms with Gasteiger partial charge >= 0.3 is 12.1 Å². The van der Waals surface area contributed by atoms with Gasteiger partial charge in [0, 0.05) is 26.7 Å². The van der Waals surface area contributed by atoms with Crippen LogP contribution in [0.25, 0.3) is 0 Å². The molecule has 0 spiro atoms. The van der Waals surface area contributed by atoms with E-state index >= 15 is 0 Å². The largest absolute Gasteiger partial charge is 0.469 e. The van der Waals surface area contributed by atoms with Crippen molar-refractivity contribution >= 4 is 5.97 Å². The molecule has 0 aliphatic carbocycles. The second kappa shape index (κ2) is 8.28. The summed E-state index contributed by atoms with van der Waals surface area (Å²) in [5.41, 5.74) is 0. The van der Waals surface area contributed by atoms with E-state index in [-0.39, 0.29) is 26.1 Å². The maximum absolute atomic E-state index is 12.2. The number of carbonyl (C=O) groups excluding carboxylic acids is 1. The van der Waals surface area contributed by atoms with E-state index in [1.807, 2.05) is 0 Å². The van der Waals surface area contributed by atoms with E-state index in [0.717, 1.165) is 0 Å². The van der Waals surface area contributed by atoms with E-state index < -0.39 is 24.8 Å². The van der Waals surface area contributed by atoms with E-state index in [1.54, 1.807) is 0 Å². The van der Waals surface area contributed by atoms with Crippen molar-refractivity contribution in [2.24, 2.45) is 0 Å². The molecule has 0 heterocycles. The molecule has 1 N–H and O–H groups in total. The van der Waals surface area contributed by atoms with Gasteiger partial charge in [-0.05, 0) is 0 Å². The second-order valence-corrected chi connectivity index (χ2v) is 3.68. The molecule has 0 aliphatic rings. The normalized spacial score (nSPS) is 13.7. The fourth-order valence-electron chi connectivity index (χ4n) is 1.21. The third-order valence-corrected chi connectivity index (χ3v) is 2.28. The Hall–Kier alpha value is -0.860. The van der Waals surface area contributed by atoms with Gasteiger partial charge in [-0.2, -0.15) is 13.2 Å². The van der Waals surface area contributed by atoms with Crippen LogP contribution >= 0.6 is 0 Å². The molecule has 0 aromatic rings. The molecule has 0 aromatic heterocycles. The molecule has 0 radical (unpaired) electrons. The zero-order valence-electron chi connectivity index (χ0n) is 10.4. The summed E-state index contributed by atoms with van der Waals surface area (Å²) < 4.78 is 45.7. The topological polar surface area (TPSA) is 59.0 Å². The summed E-state index contributed by atoms with van der Waals surface area (Å²) in [5, 5.41) is 8.95. The maximum Gasteiger partial charge on any atom is 0.415 e. The van der Waals surface area contributed by atoms with Crippen molar-refractivity contribution in [3.05, 3.63) is 0 Å². The quantitative estimate of drug-likeness (QED) is 0.650. The Kier molecular flexibility index (Phi) is 7.88. The molecule has 0 rings (SSSR count). The number of hydrogen-bond donors (Lipinski definition) is 1. The first-order chi connectivity index (χ1) is 8.31. The summed E-state index contributed by atoms with van der Waals surface area (Å²) in [6.45, 7) is -0.112. The monoisotopic (exact) mass is 273 g/mol. The Morgan fingerprint density at radius 2 is 1.94 bits per heavy atom. The van der Waals surface area contributed by atoms with Crippen LogP contribution in [0.3, 0.4) is 0 Å². The Bertz CT molecular complexity index is 248. The third-order valence-electron chi connectivity index (χ3n) is 2.28. The average Bonchev–Trinajstić information content (AvgIpc) is 2.30. The van der Waals surface area contributed by atoms with Gasteiger partial charge in [0.15, 0.2) is 6.10 Å². The van der Waals surface area contributed by atoms with Crippen molar-refractivity contribution in [3.8, 4) is 0 Å². The molecule has 0 aromatic carbocycles. The number of ether oxygens (including phenoxy) is 2. The summed E-state index contributed by atoms with van der Waals surface area (Å²) in [7, 11) is 2.62. The van der Waals surface area contributed by atoms with Crippen LogP contribution in [-0.4, -0.2) is 68.7 Å². The van der Waals surface area contributed by atoms with Crippen LogP contribution < -0.4 is 0 Å². The Balaban J connectivity index is 4.25. The molecule has 0 amide bonds. The predicted octanol–water partition coefficient (Wildman–Crippen LogP) is 0.421. The van der Waals surface area contributed by atoms with Gasteiger partial charge in [-0.3, -0.25) is 9.69 Å². The first-order valence-electron chi connectivity index (χ1n) is 5.34. The number of halogens is 3. The second-order valence-electron chi connectivity index (χ2n) is 3.68. The summed E-state index contributed by atoms with van der Waals surface area (Å²) in [4.78, 5) is 12.2. The summed E-state index contributed by atoms with van der Waals surface area (Å²) in [6, 6.07) is 0. The Labute approximate surface area is 103 Å². The van der Waals surface area contributed by atoms with Crippen LogP contribution in [0.2, 0.25) is 0 Å². The highest BCUT2D eigenvalue weighted by Crippen LogP contribution is 2.20. The van der Waals surface area contributed by atoms with E-state index in [9.17, 15) is 18.0 Å². The zero-order valence-corrected chi connectivity index (χ0v) is 10.4. The Morgan fingerprint density at radius 1 is 1.33 bits per heavy atom. The van der Waals surface area contributed by atoms with E-state index in [1.165, 1.54) is 19.1 Å². The summed E-state index contributed by atoms with van der Waals surface area (Å²) in [5.74, 6) is -0.515. The molecular formula is C10H18F3NO4. The molecule has 0 saturated heterocycles. The van der Waals surface area contributed by atoms with Crippen molar-refractivity contribution in [1.29, 1.82) is 0 Å². The van der Waals surface area contributed by atoms with Crippen molar-refractivity contribution in [3.63, 3.8) is 0 Å². The highest BCUT2D eigenvalue weighted by atomic mass is 19.4. The molecule has 0 bridgehead atoms. The van der Waals surface area contributed by atoms with Gasteiger partial charge in [0.2, 0.25) is 0 Å². The summed E-state index contributed by atoms with van der Waals surface area (Å²) in [6.07, 6.45) is -7.14. The minimum Gasteiger partial charge on any atom is -0.469 e. The number of alkyl halides is 3. The molecule has 0 fully saturated rings. The number of carbonyl (C=O) groups is 1. The lowest BCUT2D eigenvalue weighted by molar-refractivity contribution is -0.208. The van der Waals surface area contributed by atoms with Gasteiger partial charge in [0.1, 0.15) is 0 Å². The van der Waals surface area contributed by atoms with Crippen LogP contribution in [0.1, 0.15) is 6.42 Å². The molecule has 0 aliphatic heterocycles. The number of nitrogens with zero attached hydrogens (tertiary/aromatic N) is 1. The molecule has 18 heavy (non-hydrogen) atoms. The Morgan fingerprint density at radius 3 is 2.39 bits per heavy atom. The lowest BCUT2D eigenvalue weighted by atomic mass is 10.3. The standard InChI is InChI=1S/C10H18F3NO4/c1-17-6-5-14(4-3-9(16)18-2)7-8(15)10(11,12)13/h8,15H,3-7H2,1-2H3. The minimum absolute atomic E-state index is 0.0369. The van der Waals surface area contributed by atoms with E-state index in [4.69, 9.17) is 9.84 Å². The van der Waals surface area contributed by atoms with Gasteiger partial charge in [-0.1, -0.05) is 0 Å². The van der Waals surface area contributed by atoms with Gasteiger partial charge in [-0.15, -0.1) is 0 Å². The molecule has 0 saturated carbocycles. The van der Waals surface area contributed by atoms with Gasteiger partial charge in [-0.25, -0.2) is 0 Å². The first kappa shape index (κ1) is 17.1. The fourth-order valence-corrected chi connectivity index (χ4v) is 1.21. The predicted molar refractivity (Wildman–Crippen MR) is 57.0 cm³/mol. The number of esters is 1. The molecule has 8 heteroatoms. The molecule has 108 valence electrons. The van der Waals surface area contributed by atoms with E-state index in [0.29, 0.717) is 0 Å². The van der Waals surface area contributed by atoms with Gasteiger partial charge < -0.3 is 14.6 Å². The third kappa shape index (κ3) is 7.46. The lowest BCUT2D eigenvalue weighted by Gasteiger charge is -2.25.